The van der Waals surface area contributed by atoms with E-state index >= 15 is 0 Å². The number of nitrogens with two attached hydrogens (primary N) is 1. The first-order chi connectivity index (χ1) is 20.8. The van der Waals surface area contributed by atoms with Crippen molar-refractivity contribution in [3.63, 3.8) is 0 Å². The maximum Gasteiger partial charge on any atom is 0.248 e. The lowest BCUT2D eigenvalue weighted by Gasteiger charge is -2.37. The Kier molecular flexibility index (Phi) is 9.34. The molecule has 4 fully saturated rings. The molecule has 45 heavy (non-hydrogen) atoms. The van der Waals surface area contributed by atoms with Gasteiger partial charge in [-0.25, -0.2) is 0 Å². The zero-order chi connectivity index (χ0) is 33.8. The highest BCUT2D eigenvalue weighted by atomic mass is 16.2. The number of carbonyl (C=O) groups is 4. The van der Waals surface area contributed by atoms with Crippen molar-refractivity contribution < 1.29 is 19.2 Å². The fourth-order valence-corrected chi connectivity index (χ4v) is 8.42. The molecule has 3 saturated carbocycles. The number of carbonyl (C=O) groups excluding carboxylic acids is 4. The number of rotatable bonds is 11. The molecule has 4 aliphatic rings. The topological polar surface area (TPSA) is 146 Å². The highest BCUT2D eigenvalue weighted by molar-refractivity contribution is 5.97. The molecule has 2 spiro atoms. The van der Waals surface area contributed by atoms with Crippen LogP contribution in [0.3, 0.4) is 0 Å². The van der Waals surface area contributed by atoms with Crippen LogP contribution in [0, 0.1) is 27.1 Å². The predicted molar refractivity (Wildman–Crippen MR) is 177 cm³/mol. The normalized spacial score (nSPS) is 27.0. The van der Waals surface area contributed by atoms with Crippen LogP contribution >= 0.6 is 0 Å². The summed E-state index contributed by atoms with van der Waals surface area (Å²) in [4.78, 5) is 61.5. The average Bonchev–Trinajstić information content (AvgIpc) is 3.73. The number of hydrogen-bond acceptors (Lipinski definition) is 5. The Bertz CT molecular complexity index is 1240. The van der Waals surface area contributed by atoms with E-state index in [9.17, 15) is 19.2 Å². The van der Waals surface area contributed by atoms with Gasteiger partial charge in [-0.2, -0.15) is 0 Å². The van der Waals surface area contributed by atoms with E-state index in [1.807, 2.05) is 48.5 Å². The molecule has 3 aliphatic carbocycles. The summed E-state index contributed by atoms with van der Waals surface area (Å²) >= 11 is 0. The Hall–Kier alpha value is -2.91. The van der Waals surface area contributed by atoms with E-state index < -0.39 is 35.0 Å². The zero-order valence-corrected chi connectivity index (χ0v) is 29.1. The second-order valence-corrected chi connectivity index (χ2v) is 16.8. The minimum absolute atomic E-state index is 0.0178. The number of nitrogens with zero attached hydrogens (tertiary/aromatic N) is 2. The Labute approximate surface area is 270 Å². The lowest BCUT2D eigenvalue weighted by Crippen LogP contribution is -2.60. The highest BCUT2D eigenvalue weighted by Crippen LogP contribution is 2.88. The summed E-state index contributed by atoms with van der Waals surface area (Å²) in [5.41, 5.74) is 4.69. The predicted octanol–water partition coefficient (Wildman–Crippen LogP) is 3.84. The molecule has 4 amide bonds. The molecule has 5 atom stereocenters. The van der Waals surface area contributed by atoms with Gasteiger partial charge < -0.3 is 26.6 Å². The SMILES string of the molecule is C=C(C(=O)NC1CC1)[C@H](CCC)NC(=O)[C@@H]1C[C@@]2(CN1C(=O)[C@@H](NC(=O)[C@@H](N=CN)C(C)(C)C)C(C)(C)C)C(C)(C)C21CCC1. The molecule has 1 heterocycles. The maximum absolute atomic E-state index is 14.7. The van der Waals surface area contributed by atoms with E-state index in [2.05, 4.69) is 41.4 Å². The van der Waals surface area contributed by atoms with Crippen molar-refractivity contribution in [3.8, 4) is 0 Å². The zero-order valence-electron chi connectivity index (χ0n) is 29.1. The van der Waals surface area contributed by atoms with Crippen LogP contribution in [0.4, 0.5) is 0 Å². The van der Waals surface area contributed by atoms with Gasteiger partial charge in [0.1, 0.15) is 18.1 Å². The molecule has 0 unspecified atom stereocenters. The summed E-state index contributed by atoms with van der Waals surface area (Å²) < 4.78 is 0. The van der Waals surface area contributed by atoms with Crippen LogP contribution in [-0.4, -0.2) is 71.6 Å². The van der Waals surface area contributed by atoms with Crippen LogP contribution in [0.15, 0.2) is 17.1 Å². The first-order valence-electron chi connectivity index (χ1n) is 16.9. The third-order valence-corrected chi connectivity index (χ3v) is 11.6. The van der Waals surface area contributed by atoms with Gasteiger partial charge in [0.25, 0.3) is 0 Å². The fourth-order valence-electron chi connectivity index (χ4n) is 8.42. The van der Waals surface area contributed by atoms with Crippen LogP contribution in [0.1, 0.15) is 114 Å². The van der Waals surface area contributed by atoms with Gasteiger partial charge in [-0.3, -0.25) is 24.2 Å². The number of aliphatic imine (C=N–C) groups is 1. The minimum Gasteiger partial charge on any atom is -0.390 e. The first kappa shape index (κ1) is 35.0. The van der Waals surface area contributed by atoms with Crippen LogP contribution in [0.2, 0.25) is 0 Å². The standard InChI is InChI=1S/C35H58N6O4/c1-11-13-23(21(2)27(42)38-22-14-15-22)39-28(43)24-18-35(33(9,10)34(35)16-12-17-34)19-41(24)30(45)26(32(6,7)8)40-29(44)25(37-20-36)31(3,4)5/h20,22-26H,2,11-19H2,1,3-10H3,(H2,36,37)(H,38,42)(H,39,43)(H,40,44)/t23-,24-,25+,26+,35+/m0/s1. The molecular formula is C35H58N6O4. The summed E-state index contributed by atoms with van der Waals surface area (Å²) in [6.45, 7) is 22.6. The van der Waals surface area contributed by atoms with Gasteiger partial charge in [0.2, 0.25) is 23.6 Å². The lowest BCUT2D eigenvalue weighted by atomic mass is 9.73. The van der Waals surface area contributed by atoms with Crippen molar-refractivity contribution >= 4 is 30.0 Å². The number of likely N-dealkylation sites (tertiary alicyclic amines) is 1. The van der Waals surface area contributed by atoms with Crippen molar-refractivity contribution in [1.29, 1.82) is 0 Å². The van der Waals surface area contributed by atoms with Gasteiger partial charge in [0.15, 0.2) is 0 Å². The minimum atomic E-state index is -0.891. The van der Waals surface area contributed by atoms with E-state index in [0.717, 1.165) is 44.9 Å². The van der Waals surface area contributed by atoms with Gasteiger partial charge in [-0.15, -0.1) is 0 Å². The molecule has 0 bridgehead atoms. The van der Waals surface area contributed by atoms with E-state index in [1.54, 1.807) is 4.90 Å². The van der Waals surface area contributed by atoms with Crippen LogP contribution in [-0.2, 0) is 19.2 Å². The van der Waals surface area contributed by atoms with E-state index in [1.165, 1.54) is 0 Å². The Morgan fingerprint density at radius 2 is 1.64 bits per heavy atom. The molecule has 0 aromatic carbocycles. The van der Waals surface area contributed by atoms with Crippen molar-refractivity contribution in [3.05, 3.63) is 12.2 Å². The molecule has 1 saturated heterocycles. The summed E-state index contributed by atoms with van der Waals surface area (Å²) in [5.74, 6) is -1.15. The molecule has 10 heteroatoms. The second-order valence-electron chi connectivity index (χ2n) is 16.8. The van der Waals surface area contributed by atoms with Crippen LogP contribution in [0.25, 0.3) is 0 Å². The summed E-state index contributed by atoms with van der Waals surface area (Å²) in [7, 11) is 0. The molecule has 1 aliphatic heterocycles. The molecule has 0 radical (unpaired) electrons. The summed E-state index contributed by atoms with van der Waals surface area (Å²) in [6, 6.07) is -2.74. The van der Waals surface area contributed by atoms with Crippen LogP contribution in [0.5, 0.6) is 0 Å². The second kappa shape index (κ2) is 12.0. The quantitative estimate of drug-likeness (QED) is 0.156. The highest BCUT2D eigenvalue weighted by Gasteiger charge is 2.85. The first-order valence-corrected chi connectivity index (χ1v) is 16.9. The summed E-state index contributed by atoms with van der Waals surface area (Å²) in [5, 5.41) is 9.15. The Balaban J connectivity index is 1.64. The largest absolute Gasteiger partial charge is 0.390 e. The maximum atomic E-state index is 14.7. The van der Waals surface area contributed by atoms with Gasteiger partial charge >= 0.3 is 0 Å². The Morgan fingerprint density at radius 3 is 2.09 bits per heavy atom. The molecule has 5 N–H and O–H groups in total. The number of amides is 4. The van der Waals surface area contributed by atoms with E-state index in [4.69, 9.17) is 5.73 Å². The number of hydrogen-bond donors (Lipinski definition) is 4. The third-order valence-electron chi connectivity index (χ3n) is 11.6. The van der Waals surface area contributed by atoms with Gasteiger partial charge in [-0.05, 0) is 60.2 Å². The fraction of sp³-hybridized carbons (Fsp3) is 0.800. The third kappa shape index (κ3) is 6.14. The van der Waals surface area contributed by atoms with E-state index in [-0.39, 0.29) is 45.9 Å². The molecule has 252 valence electrons. The molecule has 4 rings (SSSR count). The van der Waals surface area contributed by atoms with Crippen molar-refractivity contribution in [2.75, 3.05) is 6.54 Å². The van der Waals surface area contributed by atoms with Crippen molar-refractivity contribution in [2.24, 2.45) is 37.8 Å². The van der Waals surface area contributed by atoms with Crippen molar-refractivity contribution in [1.82, 2.24) is 20.9 Å². The van der Waals surface area contributed by atoms with Crippen LogP contribution < -0.4 is 21.7 Å². The van der Waals surface area contributed by atoms with E-state index in [0.29, 0.717) is 25.0 Å². The van der Waals surface area contributed by atoms with Gasteiger partial charge in [0, 0.05) is 23.6 Å². The summed E-state index contributed by atoms with van der Waals surface area (Å²) in [6.07, 6.45) is 8.28. The van der Waals surface area contributed by atoms with Crippen molar-refractivity contribution in [2.45, 2.75) is 144 Å². The average molecular weight is 627 g/mol. The number of fused-ring (bicyclic) bond motifs is 1. The monoisotopic (exact) mass is 626 g/mol. The number of nitrogens with one attached hydrogen (secondary N) is 3. The lowest BCUT2D eigenvalue weighted by molar-refractivity contribution is -0.144. The molecule has 0 aromatic heterocycles. The molecule has 0 aromatic rings. The van der Waals surface area contributed by atoms with Gasteiger partial charge in [0.05, 0.1) is 12.4 Å². The Morgan fingerprint density at radius 1 is 1.02 bits per heavy atom. The molecule has 10 nitrogen and oxygen atoms in total. The molecular weight excluding hydrogens is 568 g/mol. The smallest absolute Gasteiger partial charge is 0.248 e. The van der Waals surface area contributed by atoms with Gasteiger partial charge in [-0.1, -0.05) is 81.7 Å².